The fourth-order valence-corrected chi connectivity index (χ4v) is 5.00. The van der Waals surface area contributed by atoms with E-state index in [1.165, 1.54) is 0 Å². The molecule has 0 aliphatic heterocycles. The first kappa shape index (κ1) is 29.0. The summed E-state index contributed by atoms with van der Waals surface area (Å²) in [7, 11) is 5.21. The van der Waals surface area contributed by atoms with Gasteiger partial charge in [-0.3, -0.25) is 19.0 Å². The number of hydrogen-bond donors (Lipinski definition) is 3. The van der Waals surface area contributed by atoms with Gasteiger partial charge in [-0.05, 0) is 62.4 Å². The predicted octanol–water partition coefficient (Wildman–Crippen LogP) is 4.71. The second-order valence-corrected chi connectivity index (χ2v) is 10.3. The lowest BCUT2D eigenvalue weighted by molar-refractivity contribution is 0.415. The third kappa shape index (κ3) is 5.54. The molecule has 0 saturated carbocycles. The Morgan fingerprint density at radius 3 is 1.38 bits per heavy atom. The van der Waals surface area contributed by atoms with Crippen molar-refractivity contribution in [1.82, 2.24) is 33.7 Å². The van der Waals surface area contributed by atoms with E-state index in [-0.39, 0.29) is 29.0 Å². The predicted molar refractivity (Wildman–Crippen MR) is 174 cm³/mol. The van der Waals surface area contributed by atoms with Gasteiger partial charge < -0.3 is 20.7 Å². The van der Waals surface area contributed by atoms with Gasteiger partial charge in [0.15, 0.2) is 0 Å². The minimum absolute atomic E-state index is 0.103. The number of nitrogens with one attached hydrogen (secondary N) is 3. The molecule has 0 aliphatic rings. The van der Waals surface area contributed by atoms with E-state index >= 15 is 0 Å². The van der Waals surface area contributed by atoms with E-state index in [0.717, 1.165) is 11.4 Å². The van der Waals surface area contributed by atoms with Gasteiger partial charge in [-0.15, -0.1) is 0 Å². The first-order valence-electron chi connectivity index (χ1n) is 14.1. The number of methoxy groups -OCH3 is 1. The van der Waals surface area contributed by atoms with Gasteiger partial charge in [-0.25, -0.2) is 9.36 Å². The zero-order chi connectivity index (χ0) is 31.7. The first-order valence-corrected chi connectivity index (χ1v) is 14.1. The largest absolute Gasteiger partial charge is 0.497 e. The number of ether oxygens (including phenoxy) is 1. The smallest absolute Gasteiger partial charge is 0.295 e. The molecule has 3 N–H and O–H groups in total. The number of hydrogen-bond acceptors (Lipinski definition) is 9. The lowest BCUT2D eigenvalue weighted by Crippen LogP contribution is -2.21. The molecule has 0 bridgehead atoms. The molecule has 13 heteroatoms. The minimum Gasteiger partial charge on any atom is -0.497 e. The maximum absolute atomic E-state index is 13.6. The Morgan fingerprint density at radius 2 is 0.978 bits per heavy atom. The van der Waals surface area contributed by atoms with Gasteiger partial charge in [0.05, 0.1) is 29.9 Å². The summed E-state index contributed by atoms with van der Waals surface area (Å²) in [5.41, 5.74) is 3.54. The number of para-hydroxylation sites is 2. The standard InChI is InChI=1S/C32H32N10O3/c1-20-26(28(43)41(39(20)3)23-12-8-6-9-13-23)34-31-36-30(33-22-16-18-25(45-5)19-17-22)37-32(38-31)35-27-21(2)40(4)42(29(27)44)24-14-10-7-11-15-24/h6-19H,1-5H3,(H3,33,34,35,36,37,38). The molecule has 0 radical (unpaired) electrons. The minimum atomic E-state index is -0.273. The van der Waals surface area contributed by atoms with Gasteiger partial charge in [-0.2, -0.15) is 15.0 Å². The van der Waals surface area contributed by atoms with E-state index in [0.29, 0.717) is 34.2 Å². The van der Waals surface area contributed by atoms with Crippen LogP contribution < -0.4 is 31.8 Å². The average molecular weight is 605 g/mol. The number of anilines is 6. The van der Waals surface area contributed by atoms with Crippen LogP contribution in [0.25, 0.3) is 11.4 Å². The van der Waals surface area contributed by atoms with Crippen molar-refractivity contribution in [3.05, 3.63) is 117 Å². The molecule has 0 saturated heterocycles. The highest BCUT2D eigenvalue weighted by Crippen LogP contribution is 2.24. The zero-order valence-electron chi connectivity index (χ0n) is 25.4. The Hall–Kier alpha value is -6.11. The molecule has 6 aromatic rings. The molecule has 3 heterocycles. The summed E-state index contributed by atoms with van der Waals surface area (Å²) in [5.74, 6) is 1.09. The van der Waals surface area contributed by atoms with E-state index in [2.05, 4.69) is 30.9 Å². The van der Waals surface area contributed by atoms with Gasteiger partial charge in [0.1, 0.15) is 17.1 Å². The number of rotatable bonds is 9. The van der Waals surface area contributed by atoms with Crippen LogP contribution in [-0.2, 0) is 14.1 Å². The molecule has 0 atom stereocenters. The van der Waals surface area contributed by atoms with E-state index in [1.807, 2.05) is 101 Å². The van der Waals surface area contributed by atoms with Crippen LogP contribution in [0.3, 0.4) is 0 Å². The Bertz CT molecular complexity index is 1970. The molecule has 0 aliphatic carbocycles. The average Bonchev–Trinajstić information content (AvgIpc) is 3.39. The van der Waals surface area contributed by atoms with Crippen LogP contribution in [-0.4, -0.2) is 40.8 Å². The second-order valence-electron chi connectivity index (χ2n) is 10.3. The van der Waals surface area contributed by atoms with Gasteiger partial charge in [-0.1, -0.05) is 36.4 Å². The van der Waals surface area contributed by atoms with Crippen LogP contribution in [0.5, 0.6) is 5.75 Å². The van der Waals surface area contributed by atoms with Gasteiger partial charge >= 0.3 is 0 Å². The SMILES string of the molecule is COc1ccc(Nc2nc(Nc3c(C)n(C)n(-c4ccccc4)c3=O)nc(Nc3c(C)n(C)n(-c4ccccc4)c3=O)n2)cc1. The highest BCUT2D eigenvalue weighted by molar-refractivity contribution is 5.64. The molecule has 0 spiro atoms. The molecule has 228 valence electrons. The van der Waals surface area contributed by atoms with Crippen molar-refractivity contribution in [2.24, 2.45) is 14.1 Å². The third-order valence-electron chi connectivity index (χ3n) is 7.56. The Kier molecular flexibility index (Phi) is 7.65. The van der Waals surface area contributed by atoms with Crippen LogP contribution in [0.2, 0.25) is 0 Å². The van der Waals surface area contributed by atoms with Crippen LogP contribution in [0.4, 0.5) is 34.9 Å². The highest BCUT2D eigenvalue weighted by atomic mass is 16.5. The summed E-state index contributed by atoms with van der Waals surface area (Å²) < 4.78 is 11.9. The van der Waals surface area contributed by atoms with Crippen LogP contribution in [0.1, 0.15) is 11.4 Å². The number of aromatic nitrogens is 7. The molecule has 0 fully saturated rings. The van der Waals surface area contributed by atoms with Crippen LogP contribution >= 0.6 is 0 Å². The molecule has 13 nitrogen and oxygen atoms in total. The quantitative estimate of drug-likeness (QED) is 0.214. The second kappa shape index (κ2) is 11.9. The molecule has 45 heavy (non-hydrogen) atoms. The summed E-state index contributed by atoms with van der Waals surface area (Å²) in [5, 5.41) is 9.39. The molecule has 3 aromatic heterocycles. The molecular formula is C32H32N10O3. The monoisotopic (exact) mass is 604 g/mol. The van der Waals surface area contributed by atoms with Crippen molar-refractivity contribution in [1.29, 1.82) is 0 Å². The highest BCUT2D eigenvalue weighted by Gasteiger charge is 2.21. The Morgan fingerprint density at radius 1 is 0.578 bits per heavy atom. The van der Waals surface area contributed by atoms with Gasteiger partial charge in [0.25, 0.3) is 11.1 Å². The summed E-state index contributed by atoms with van der Waals surface area (Å²) in [4.78, 5) is 40.9. The first-order chi connectivity index (χ1) is 21.7. The lowest BCUT2D eigenvalue weighted by Gasteiger charge is -2.11. The maximum Gasteiger partial charge on any atom is 0.295 e. The topological polar surface area (TPSA) is 138 Å². The van der Waals surface area contributed by atoms with Gasteiger partial charge in [0, 0.05) is 19.8 Å². The summed E-state index contributed by atoms with van der Waals surface area (Å²) in [6, 6.07) is 26.0. The van der Waals surface area contributed by atoms with Crippen molar-refractivity contribution in [3.8, 4) is 17.1 Å². The maximum atomic E-state index is 13.6. The van der Waals surface area contributed by atoms with E-state index in [4.69, 9.17) is 4.74 Å². The van der Waals surface area contributed by atoms with Crippen molar-refractivity contribution in [2.45, 2.75) is 13.8 Å². The van der Waals surface area contributed by atoms with Crippen molar-refractivity contribution >= 4 is 34.9 Å². The summed E-state index contributed by atoms with van der Waals surface area (Å²) in [6.07, 6.45) is 0. The van der Waals surface area contributed by atoms with Crippen LogP contribution in [0.15, 0.2) is 94.5 Å². The van der Waals surface area contributed by atoms with E-state index in [1.54, 1.807) is 38.0 Å². The lowest BCUT2D eigenvalue weighted by atomic mass is 10.3. The molecular weight excluding hydrogens is 572 g/mol. The molecule has 3 aromatic carbocycles. The van der Waals surface area contributed by atoms with Crippen molar-refractivity contribution < 1.29 is 4.74 Å². The summed E-state index contributed by atoms with van der Waals surface area (Å²) in [6.45, 7) is 3.67. The number of nitrogens with zero attached hydrogens (tertiary/aromatic N) is 7. The normalized spacial score (nSPS) is 11.0. The third-order valence-corrected chi connectivity index (χ3v) is 7.56. The molecule has 0 unspecified atom stereocenters. The fraction of sp³-hybridized carbons (Fsp3) is 0.156. The van der Waals surface area contributed by atoms with E-state index in [9.17, 15) is 9.59 Å². The molecule has 0 amide bonds. The Balaban J connectivity index is 1.41. The fourth-order valence-electron chi connectivity index (χ4n) is 5.00. The Labute approximate surface area is 258 Å². The summed E-state index contributed by atoms with van der Waals surface area (Å²) >= 11 is 0. The van der Waals surface area contributed by atoms with Gasteiger partial charge in [0.2, 0.25) is 17.8 Å². The van der Waals surface area contributed by atoms with E-state index < -0.39 is 0 Å². The van der Waals surface area contributed by atoms with Crippen molar-refractivity contribution in [2.75, 3.05) is 23.1 Å². The zero-order valence-corrected chi connectivity index (χ0v) is 25.4. The molecule has 6 rings (SSSR count). The van der Waals surface area contributed by atoms with Crippen LogP contribution in [0, 0.1) is 13.8 Å². The number of benzene rings is 3. The van der Waals surface area contributed by atoms with Crippen molar-refractivity contribution in [3.63, 3.8) is 0 Å².